The fourth-order valence-corrected chi connectivity index (χ4v) is 5.33. The Morgan fingerprint density at radius 2 is 1.80 bits per heavy atom. The average Bonchev–Trinajstić information content (AvgIpc) is 3.11. The minimum atomic E-state index is 0.0906. The van der Waals surface area contributed by atoms with Gasteiger partial charge in [-0.1, -0.05) is 12.8 Å². The minimum Gasteiger partial charge on any atom is -0.341 e. The van der Waals surface area contributed by atoms with Crippen molar-refractivity contribution in [2.45, 2.75) is 51.0 Å². The third kappa shape index (κ3) is 2.38. The van der Waals surface area contributed by atoms with Crippen molar-refractivity contribution in [3.63, 3.8) is 0 Å². The lowest BCUT2D eigenvalue weighted by molar-refractivity contribution is -0.134. The summed E-state index contributed by atoms with van der Waals surface area (Å²) in [5.41, 5.74) is 0. The maximum Gasteiger partial charge on any atom is 0.239 e. The van der Waals surface area contributed by atoms with Gasteiger partial charge in [-0.3, -0.25) is 4.79 Å². The molecule has 112 valence electrons. The monoisotopic (exact) mass is 276 g/mol. The van der Waals surface area contributed by atoms with Crippen LogP contribution in [-0.2, 0) is 4.79 Å². The highest BCUT2D eigenvalue weighted by molar-refractivity contribution is 5.82. The summed E-state index contributed by atoms with van der Waals surface area (Å²) in [5.74, 6) is 4.78. The van der Waals surface area contributed by atoms with Gasteiger partial charge in [0.15, 0.2) is 0 Å². The number of likely N-dealkylation sites (tertiary alicyclic amines) is 1. The molecule has 4 rings (SSSR count). The molecule has 1 heterocycles. The van der Waals surface area contributed by atoms with Gasteiger partial charge in [0.2, 0.25) is 5.91 Å². The fourth-order valence-electron chi connectivity index (χ4n) is 5.33. The standard InChI is InChI=1S/C17H28N2O/c1-18-16-8-14-7-15(14)10-19(17(16)20)9-13-5-11-2-3-12(4-11)6-13/h11-16,18H,2-10H2,1H3. The van der Waals surface area contributed by atoms with Gasteiger partial charge in [-0.05, 0) is 68.7 Å². The summed E-state index contributed by atoms with van der Waals surface area (Å²) in [7, 11) is 1.95. The first-order chi connectivity index (χ1) is 9.72. The van der Waals surface area contributed by atoms with E-state index in [0.717, 1.165) is 49.1 Å². The smallest absolute Gasteiger partial charge is 0.239 e. The summed E-state index contributed by atoms with van der Waals surface area (Å²) in [6, 6.07) is 0.0906. The van der Waals surface area contributed by atoms with Crippen molar-refractivity contribution in [3.05, 3.63) is 0 Å². The number of nitrogens with one attached hydrogen (secondary N) is 1. The van der Waals surface area contributed by atoms with E-state index in [1.54, 1.807) is 0 Å². The highest BCUT2D eigenvalue weighted by Gasteiger charge is 2.46. The molecule has 2 bridgehead atoms. The highest BCUT2D eigenvalue weighted by Crippen LogP contribution is 2.47. The molecule has 1 amide bonds. The lowest BCUT2D eigenvalue weighted by Gasteiger charge is -2.33. The van der Waals surface area contributed by atoms with Gasteiger partial charge in [0.1, 0.15) is 0 Å². The normalized spacial score (nSPS) is 47.0. The first-order valence-corrected chi connectivity index (χ1v) is 8.69. The Morgan fingerprint density at radius 3 is 2.50 bits per heavy atom. The van der Waals surface area contributed by atoms with Crippen LogP contribution in [0.2, 0.25) is 0 Å². The number of carbonyl (C=O) groups excluding carboxylic acids is 1. The summed E-state index contributed by atoms with van der Waals surface area (Å²) >= 11 is 0. The topological polar surface area (TPSA) is 32.3 Å². The zero-order valence-electron chi connectivity index (χ0n) is 12.7. The van der Waals surface area contributed by atoms with Crippen LogP contribution >= 0.6 is 0 Å². The molecule has 3 heteroatoms. The van der Waals surface area contributed by atoms with Gasteiger partial charge < -0.3 is 10.2 Å². The second-order valence-electron chi connectivity index (χ2n) is 7.96. The number of likely N-dealkylation sites (N-methyl/N-ethyl adjacent to an activating group) is 1. The molecule has 1 aliphatic heterocycles. The summed E-state index contributed by atoms with van der Waals surface area (Å²) in [4.78, 5) is 14.9. The summed E-state index contributed by atoms with van der Waals surface area (Å²) in [6.07, 6.45) is 9.60. The number of hydrogen-bond donors (Lipinski definition) is 1. The predicted octanol–water partition coefficient (Wildman–Crippen LogP) is 2.27. The minimum absolute atomic E-state index is 0.0906. The van der Waals surface area contributed by atoms with Gasteiger partial charge in [-0.2, -0.15) is 0 Å². The van der Waals surface area contributed by atoms with Crippen molar-refractivity contribution in [1.29, 1.82) is 0 Å². The van der Waals surface area contributed by atoms with Gasteiger partial charge >= 0.3 is 0 Å². The Labute approximate surface area is 122 Å². The van der Waals surface area contributed by atoms with E-state index in [2.05, 4.69) is 10.2 Å². The number of fused-ring (bicyclic) bond motifs is 3. The van der Waals surface area contributed by atoms with Crippen molar-refractivity contribution >= 4 is 5.91 Å². The Kier molecular flexibility index (Phi) is 3.29. The Morgan fingerprint density at radius 1 is 1.05 bits per heavy atom. The number of hydrogen-bond acceptors (Lipinski definition) is 2. The van der Waals surface area contributed by atoms with E-state index in [4.69, 9.17) is 0 Å². The third-order valence-electron chi connectivity index (χ3n) is 6.48. The van der Waals surface area contributed by atoms with E-state index in [1.807, 2.05) is 7.05 Å². The molecule has 5 atom stereocenters. The first kappa shape index (κ1) is 13.1. The van der Waals surface area contributed by atoms with Crippen molar-refractivity contribution in [2.24, 2.45) is 29.6 Å². The molecule has 20 heavy (non-hydrogen) atoms. The Hall–Kier alpha value is -0.570. The number of nitrogens with zero attached hydrogens (tertiary/aromatic N) is 1. The quantitative estimate of drug-likeness (QED) is 0.857. The second-order valence-corrected chi connectivity index (χ2v) is 7.96. The molecule has 0 aromatic carbocycles. The first-order valence-electron chi connectivity index (χ1n) is 8.69. The summed E-state index contributed by atoms with van der Waals surface area (Å²) in [5, 5.41) is 3.26. The lowest BCUT2D eigenvalue weighted by atomic mass is 9.80. The van der Waals surface area contributed by atoms with E-state index in [-0.39, 0.29) is 6.04 Å². The summed E-state index contributed by atoms with van der Waals surface area (Å²) in [6.45, 7) is 2.10. The van der Waals surface area contributed by atoms with Crippen LogP contribution in [0.25, 0.3) is 0 Å². The average molecular weight is 276 g/mol. The molecule has 5 unspecified atom stereocenters. The number of amides is 1. The zero-order valence-corrected chi connectivity index (χ0v) is 12.7. The predicted molar refractivity (Wildman–Crippen MR) is 79.2 cm³/mol. The summed E-state index contributed by atoms with van der Waals surface area (Å²) < 4.78 is 0. The van der Waals surface area contributed by atoms with Crippen LogP contribution in [-0.4, -0.2) is 37.0 Å². The van der Waals surface area contributed by atoms with Crippen LogP contribution in [0.4, 0.5) is 0 Å². The molecule has 0 aromatic rings. The molecule has 0 aromatic heterocycles. The van der Waals surface area contributed by atoms with E-state index >= 15 is 0 Å². The molecule has 3 nitrogen and oxygen atoms in total. The van der Waals surface area contributed by atoms with Gasteiger partial charge in [0, 0.05) is 13.1 Å². The fraction of sp³-hybridized carbons (Fsp3) is 0.941. The van der Waals surface area contributed by atoms with Crippen molar-refractivity contribution in [3.8, 4) is 0 Å². The zero-order chi connectivity index (χ0) is 13.7. The van der Waals surface area contributed by atoms with E-state index < -0.39 is 0 Å². The molecule has 0 spiro atoms. The van der Waals surface area contributed by atoms with E-state index in [9.17, 15) is 4.79 Å². The van der Waals surface area contributed by atoms with Gasteiger partial charge in [-0.25, -0.2) is 0 Å². The number of rotatable bonds is 3. The van der Waals surface area contributed by atoms with Crippen LogP contribution in [0.5, 0.6) is 0 Å². The van der Waals surface area contributed by atoms with Crippen molar-refractivity contribution < 1.29 is 4.79 Å². The highest BCUT2D eigenvalue weighted by atomic mass is 16.2. The molecule has 1 saturated heterocycles. The van der Waals surface area contributed by atoms with Crippen LogP contribution in [0.1, 0.15) is 44.9 Å². The maximum atomic E-state index is 12.7. The SMILES string of the molecule is CNC1CC2CC2CN(CC2CC3CCC(C3)C2)C1=O. The van der Waals surface area contributed by atoms with Crippen molar-refractivity contribution in [1.82, 2.24) is 10.2 Å². The van der Waals surface area contributed by atoms with Gasteiger partial charge in [0.05, 0.1) is 6.04 Å². The van der Waals surface area contributed by atoms with Crippen LogP contribution in [0.3, 0.4) is 0 Å². The van der Waals surface area contributed by atoms with Crippen LogP contribution < -0.4 is 5.32 Å². The Balaban J connectivity index is 1.42. The van der Waals surface area contributed by atoms with Crippen LogP contribution in [0, 0.1) is 29.6 Å². The Bertz CT molecular complexity index is 384. The molecule has 4 aliphatic rings. The molecule has 4 fully saturated rings. The van der Waals surface area contributed by atoms with E-state index in [0.29, 0.717) is 5.91 Å². The van der Waals surface area contributed by atoms with Gasteiger partial charge in [-0.15, -0.1) is 0 Å². The molecule has 1 N–H and O–H groups in total. The maximum absolute atomic E-state index is 12.7. The molecule has 0 radical (unpaired) electrons. The second kappa shape index (κ2) is 5.01. The third-order valence-corrected chi connectivity index (χ3v) is 6.48. The number of carbonyl (C=O) groups is 1. The van der Waals surface area contributed by atoms with Crippen molar-refractivity contribution in [2.75, 3.05) is 20.1 Å². The van der Waals surface area contributed by atoms with Gasteiger partial charge in [0.25, 0.3) is 0 Å². The lowest BCUT2D eigenvalue weighted by Crippen LogP contribution is -2.47. The van der Waals surface area contributed by atoms with Crippen LogP contribution in [0.15, 0.2) is 0 Å². The molecular weight excluding hydrogens is 248 g/mol. The molecule has 3 saturated carbocycles. The van der Waals surface area contributed by atoms with E-state index in [1.165, 1.54) is 38.5 Å². The largest absolute Gasteiger partial charge is 0.341 e. The molecular formula is C17H28N2O. The molecule has 3 aliphatic carbocycles.